The standard InChI is InChI=1S/C38H40N8O7S2/c47-33(29-21-39-16-17-40-29)42-28-12-5-3-1-2-4-9-23-20-38(23,37(50)45-55(51,52)25-14-15-25)44-34(48)30-19-24(22-46(30)36(28)49)53-35-32(31-13-8-18-54-31)41-26-10-6-7-11-27(26)43-35/h4,6-11,13,16-18,21,23-25,28,30H,1-3,5,12,14-15,19-20,22H2,(H,42,47)(H,44,48)(H,45,50)/b9-4+/t23?,24-,28-,30+,38-/m1/s1. The minimum atomic E-state index is -3.90. The van der Waals surface area contributed by atoms with Gasteiger partial charge < -0.3 is 20.3 Å². The van der Waals surface area contributed by atoms with Crippen molar-refractivity contribution in [2.45, 2.75) is 86.8 Å². The molecule has 0 bridgehead atoms. The number of allylic oxidation sites excluding steroid dienone is 1. The number of rotatable bonds is 8. The first-order chi connectivity index (χ1) is 26.6. The molecule has 2 aliphatic carbocycles. The first-order valence-electron chi connectivity index (χ1n) is 18.5. The molecule has 2 saturated carbocycles. The molecule has 1 unspecified atom stereocenters. The molecule has 4 aromatic rings. The second-order valence-corrected chi connectivity index (χ2v) is 17.4. The number of hydrogen-bond donors (Lipinski definition) is 3. The SMILES string of the molecule is O=C(N[C@@H]1CCCCC/C=C/C2C[C@@]2(C(=O)NS(=O)(=O)C2CC2)NC(=O)[C@@H]2C[C@@H](Oc3nc4ccccc4nc3-c3cccs3)CN2C1=O)c1cnccn1. The third kappa shape index (κ3) is 7.80. The Morgan fingerprint density at radius 3 is 2.56 bits per heavy atom. The molecule has 0 spiro atoms. The first kappa shape index (κ1) is 36.7. The maximum atomic E-state index is 14.6. The number of nitrogens with one attached hydrogen (secondary N) is 3. The van der Waals surface area contributed by atoms with E-state index in [1.807, 2.05) is 53.9 Å². The second kappa shape index (κ2) is 15.1. The van der Waals surface area contributed by atoms with Gasteiger partial charge in [-0.3, -0.25) is 28.9 Å². The van der Waals surface area contributed by atoms with Crippen LogP contribution in [0.2, 0.25) is 0 Å². The smallest absolute Gasteiger partial charge is 0.272 e. The number of thiophene rings is 1. The number of nitrogens with zero attached hydrogens (tertiary/aromatic N) is 5. The molecular weight excluding hydrogens is 745 g/mol. The Balaban J connectivity index is 1.12. The average molecular weight is 785 g/mol. The van der Waals surface area contributed by atoms with E-state index in [1.54, 1.807) is 0 Å². The van der Waals surface area contributed by atoms with E-state index in [4.69, 9.17) is 14.7 Å². The Morgan fingerprint density at radius 2 is 1.82 bits per heavy atom. The van der Waals surface area contributed by atoms with Gasteiger partial charge in [-0.2, -0.15) is 0 Å². The lowest BCUT2D eigenvalue weighted by Crippen LogP contribution is -2.58. The van der Waals surface area contributed by atoms with E-state index >= 15 is 0 Å². The highest BCUT2D eigenvalue weighted by Gasteiger charge is 2.62. The Bertz CT molecular complexity index is 2250. The van der Waals surface area contributed by atoms with E-state index in [0.717, 1.165) is 17.7 Å². The highest BCUT2D eigenvalue weighted by atomic mass is 32.2. The predicted molar refractivity (Wildman–Crippen MR) is 202 cm³/mol. The third-order valence-corrected chi connectivity index (χ3v) is 13.2. The number of benzene rings is 1. The summed E-state index contributed by atoms with van der Waals surface area (Å²) in [7, 11) is -3.90. The molecule has 4 amide bonds. The Hall–Kier alpha value is -5.29. The Kier molecular flexibility index (Phi) is 10.1. The first-order valence-corrected chi connectivity index (χ1v) is 20.9. The van der Waals surface area contributed by atoms with E-state index < -0.39 is 68.5 Å². The van der Waals surface area contributed by atoms with Crippen LogP contribution in [0, 0.1) is 5.92 Å². The van der Waals surface area contributed by atoms with E-state index in [2.05, 4.69) is 25.3 Å². The van der Waals surface area contributed by atoms with Gasteiger partial charge in [0.2, 0.25) is 27.7 Å². The molecule has 55 heavy (non-hydrogen) atoms. The van der Waals surface area contributed by atoms with Crippen LogP contribution >= 0.6 is 11.3 Å². The number of aromatic nitrogens is 4. The molecule has 3 fully saturated rings. The van der Waals surface area contributed by atoms with Gasteiger partial charge in [0.05, 0.1) is 33.9 Å². The number of amides is 4. The molecular formula is C38H40N8O7S2. The van der Waals surface area contributed by atoms with Crippen LogP contribution in [0.3, 0.4) is 0 Å². The van der Waals surface area contributed by atoms with Crippen molar-refractivity contribution in [1.82, 2.24) is 40.2 Å². The van der Waals surface area contributed by atoms with Gasteiger partial charge in [-0.15, -0.1) is 11.3 Å². The van der Waals surface area contributed by atoms with Crippen LogP contribution in [0.5, 0.6) is 5.88 Å². The van der Waals surface area contributed by atoms with Crippen LogP contribution < -0.4 is 20.1 Å². The number of carbonyl (C=O) groups is 4. The summed E-state index contributed by atoms with van der Waals surface area (Å²) in [6.07, 6.45) is 11.5. The van der Waals surface area contributed by atoms with Crippen LogP contribution in [0.25, 0.3) is 21.6 Å². The molecule has 0 radical (unpaired) electrons. The van der Waals surface area contributed by atoms with E-state index in [-0.39, 0.29) is 31.0 Å². The molecule has 3 aromatic heterocycles. The van der Waals surface area contributed by atoms with Crippen LogP contribution in [-0.2, 0) is 24.4 Å². The normalized spacial score (nSPS) is 26.4. The molecule has 1 saturated heterocycles. The maximum absolute atomic E-state index is 14.6. The van der Waals surface area contributed by atoms with Crippen LogP contribution in [0.1, 0.15) is 68.3 Å². The van der Waals surface area contributed by atoms with Crippen molar-refractivity contribution in [1.29, 1.82) is 0 Å². The molecule has 4 aliphatic rings. The van der Waals surface area contributed by atoms with Gasteiger partial charge in [0.15, 0.2) is 0 Å². The quantitative estimate of drug-likeness (QED) is 0.221. The molecule has 1 aromatic carbocycles. The maximum Gasteiger partial charge on any atom is 0.272 e. The zero-order valence-corrected chi connectivity index (χ0v) is 31.4. The highest BCUT2D eigenvalue weighted by Crippen LogP contribution is 2.46. The van der Waals surface area contributed by atoms with Crippen molar-refractivity contribution >= 4 is 56.0 Å². The van der Waals surface area contributed by atoms with Gasteiger partial charge >= 0.3 is 0 Å². The van der Waals surface area contributed by atoms with Crippen molar-refractivity contribution in [2.24, 2.45) is 5.92 Å². The topological polar surface area (TPSA) is 203 Å². The molecule has 286 valence electrons. The molecule has 2 aliphatic heterocycles. The largest absolute Gasteiger partial charge is 0.471 e. The number of sulfonamides is 1. The lowest BCUT2D eigenvalue weighted by atomic mass is 10.0. The Morgan fingerprint density at radius 1 is 1.00 bits per heavy atom. The van der Waals surface area contributed by atoms with Gasteiger partial charge in [0, 0.05) is 24.7 Å². The van der Waals surface area contributed by atoms with E-state index in [1.165, 1.54) is 34.8 Å². The monoisotopic (exact) mass is 784 g/mol. The summed E-state index contributed by atoms with van der Waals surface area (Å²) in [5.74, 6) is -2.71. The molecule has 3 N–H and O–H groups in total. The number of fused-ring (bicyclic) bond motifs is 3. The summed E-state index contributed by atoms with van der Waals surface area (Å²) in [4.78, 5) is 76.1. The third-order valence-electron chi connectivity index (χ3n) is 10.5. The summed E-state index contributed by atoms with van der Waals surface area (Å²) in [6, 6.07) is 9.05. The molecule has 17 heteroatoms. The zero-order valence-electron chi connectivity index (χ0n) is 29.8. The summed E-state index contributed by atoms with van der Waals surface area (Å²) < 4.78 is 34.5. The van der Waals surface area contributed by atoms with Crippen LogP contribution in [0.15, 0.2) is 72.5 Å². The Labute approximate surface area is 321 Å². The van der Waals surface area contributed by atoms with Crippen molar-refractivity contribution in [3.8, 4) is 16.5 Å². The van der Waals surface area contributed by atoms with E-state index in [0.29, 0.717) is 48.8 Å². The predicted octanol–water partition coefficient (Wildman–Crippen LogP) is 3.30. The average Bonchev–Trinajstić information content (AvgIpc) is 4.05. The van der Waals surface area contributed by atoms with Crippen LogP contribution in [-0.4, -0.2) is 92.4 Å². The van der Waals surface area contributed by atoms with Gasteiger partial charge in [-0.1, -0.05) is 43.2 Å². The van der Waals surface area contributed by atoms with E-state index in [9.17, 15) is 27.6 Å². The second-order valence-electron chi connectivity index (χ2n) is 14.5. The van der Waals surface area contributed by atoms with Gasteiger partial charge in [0.25, 0.3) is 11.8 Å². The lowest BCUT2D eigenvalue weighted by Gasteiger charge is -2.29. The molecule has 5 atom stereocenters. The molecule has 15 nitrogen and oxygen atoms in total. The minimum absolute atomic E-state index is 0.0271. The fourth-order valence-electron chi connectivity index (χ4n) is 7.29. The summed E-state index contributed by atoms with van der Waals surface area (Å²) in [6.45, 7) is -0.0363. The minimum Gasteiger partial charge on any atom is -0.471 e. The van der Waals surface area contributed by atoms with Crippen LogP contribution in [0.4, 0.5) is 0 Å². The zero-order chi connectivity index (χ0) is 38.2. The van der Waals surface area contributed by atoms with Crippen molar-refractivity contribution in [3.05, 3.63) is 78.2 Å². The summed E-state index contributed by atoms with van der Waals surface area (Å²) >= 11 is 1.47. The fraction of sp³-hybridized carbons (Fsp3) is 0.421. The molecule has 5 heterocycles. The number of carbonyl (C=O) groups excluding carboxylic acids is 4. The summed E-state index contributed by atoms with van der Waals surface area (Å²) in [5.41, 5.74) is 0.322. The number of ether oxygens (including phenoxy) is 1. The van der Waals surface area contributed by atoms with Gasteiger partial charge in [0.1, 0.15) is 35.1 Å². The van der Waals surface area contributed by atoms with Crippen molar-refractivity contribution in [3.63, 3.8) is 0 Å². The van der Waals surface area contributed by atoms with Crippen molar-refractivity contribution in [2.75, 3.05) is 6.54 Å². The highest BCUT2D eigenvalue weighted by molar-refractivity contribution is 7.91. The van der Waals surface area contributed by atoms with Gasteiger partial charge in [-0.05, 0) is 62.1 Å². The molecule has 8 rings (SSSR count). The summed E-state index contributed by atoms with van der Waals surface area (Å²) in [5, 5.41) is 7.00. The fourth-order valence-corrected chi connectivity index (χ4v) is 9.36. The van der Waals surface area contributed by atoms with Gasteiger partial charge in [-0.25, -0.2) is 23.4 Å². The van der Waals surface area contributed by atoms with Crippen molar-refractivity contribution < 1.29 is 32.3 Å². The number of hydrogen-bond acceptors (Lipinski definition) is 12. The lowest BCUT2D eigenvalue weighted by molar-refractivity contribution is -0.141. The number of para-hydroxylation sites is 2.